The van der Waals surface area contributed by atoms with Crippen molar-refractivity contribution in [3.63, 3.8) is 0 Å². The van der Waals surface area contributed by atoms with Crippen molar-refractivity contribution in [1.29, 1.82) is 0 Å². The lowest BCUT2D eigenvalue weighted by Crippen LogP contribution is -2.15. The Morgan fingerprint density at radius 1 is 1.24 bits per heavy atom. The normalized spacial score (nSPS) is 17.3. The molecule has 0 saturated heterocycles. The van der Waals surface area contributed by atoms with Crippen LogP contribution in [-0.2, 0) is 17.8 Å². The van der Waals surface area contributed by atoms with E-state index >= 15 is 0 Å². The number of nitrogens with zero attached hydrogens (tertiary/aromatic N) is 2. The van der Waals surface area contributed by atoms with E-state index in [2.05, 4.69) is 0 Å². The van der Waals surface area contributed by atoms with Crippen molar-refractivity contribution in [2.24, 2.45) is 0 Å². The summed E-state index contributed by atoms with van der Waals surface area (Å²) in [6.07, 6.45) is 5.71. The highest BCUT2D eigenvalue weighted by molar-refractivity contribution is 7.99. The number of hydrogen-bond donors (Lipinski definition) is 2. The van der Waals surface area contributed by atoms with Crippen molar-refractivity contribution in [3.05, 3.63) is 45.9 Å². The summed E-state index contributed by atoms with van der Waals surface area (Å²) in [5, 5.41) is 20.2. The first kappa shape index (κ1) is 23.5. The van der Waals surface area contributed by atoms with Crippen LogP contribution in [0.4, 0.5) is 0 Å². The van der Waals surface area contributed by atoms with Crippen LogP contribution in [0.2, 0.25) is 5.02 Å². The van der Waals surface area contributed by atoms with E-state index in [1.807, 2.05) is 6.92 Å². The minimum Gasteiger partial charge on any atom is -0.478 e. The number of benzene rings is 1. The average molecular weight is 493 g/mol. The molecule has 10 heteroatoms. The fourth-order valence-corrected chi connectivity index (χ4v) is 5.62. The molecule has 0 spiro atoms. The van der Waals surface area contributed by atoms with Gasteiger partial charge in [-0.15, -0.1) is 11.8 Å². The maximum atomic E-state index is 12.3. The van der Waals surface area contributed by atoms with Gasteiger partial charge in [0.15, 0.2) is 17.2 Å². The third-order valence-corrected chi connectivity index (χ3v) is 7.41. The molecule has 1 aliphatic carbocycles. The molecule has 0 amide bonds. The molecule has 33 heavy (non-hydrogen) atoms. The number of carboxylic acid groups (broad SMARTS) is 2. The number of halogens is 1. The molecule has 0 bridgehead atoms. The van der Waals surface area contributed by atoms with Crippen LogP contribution >= 0.6 is 23.4 Å². The van der Waals surface area contributed by atoms with Gasteiger partial charge in [-0.1, -0.05) is 24.1 Å². The van der Waals surface area contributed by atoms with E-state index in [9.17, 15) is 14.7 Å². The Bertz CT molecular complexity index is 1100. The van der Waals surface area contributed by atoms with Gasteiger partial charge in [-0.05, 0) is 43.7 Å². The number of aliphatic carboxylic acids is 1. The molecule has 1 aliphatic heterocycles. The second-order valence-electron chi connectivity index (χ2n) is 8.08. The number of carbonyl (C=O) groups is 2. The number of allylic oxidation sites excluding steroid dienone is 1. The third-order valence-electron chi connectivity index (χ3n) is 5.74. The predicted molar refractivity (Wildman–Crippen MR) is 124 cm³/mol. The summed E-state index contributed by atoms with van der Waals surface area (Å²) < 4.78 is 12.6. The summed E-state index contributed by atoms with van der Waals surface area (Å²) in [6, 6.07) is 3.48. The van der Waals surface area contributed by atoms with Gasteiger partial charge in [-0.2, -0.15) is 0 Å². The van der Waals surface area contributed by atoms with E-state index < -0.39 is 11.9 Å². The molecule has 2 heterocycles. The van der Waals surface area contributed by atoms with E-state index in [0.717, 1.165) is 30.4 Å². The molecule has 176 valence electrons. The van der Waals surface area contributed by atoms with Crippen LogP contribution in [0.25, 0.3) is 0 Å². The van der Waals surface area contributed by atoms with Crippen LogP contribution in [0.5, 0.6) is 11.5 Å². The number of aromatic carboxylic acids is 1. The number of aryl methyl sites for hydroxylation is 1. The van der Waals surface area contributed by atoms with Gasteiger partial charge in [0.2, 0.25) is 6.79 Å². The number of thioether (sulfide) groups is 1. The summed E-state index contributed by atoms with van der Waals surface area (Å²) in [5.41, 5.74) is 1.81. The fourth-order valence-electron chi connectivity index (χ4n) is 4.16. The molecular weight excluding hydrogens is 468 g/mol. The Hall–Kier alpha value is -2.65. The number of ether oxygens (including phenoxy) is 2. The zero-order chi connectivity index (χ0) is 23.5. The minimum atomic E-state index is -1.04. The monoisotopic (exact) mass is 492 g/mol. The van der Waals surface area contributed by atoms with Crippen LogP contribution in [-0.4, -0.2) is 43.7 Å². The summed E-state index contributed by atoms with van der Waals surface area (Å²) in [5.74, 6) is -0.0915. The Labute approximate surface area is 200 Å². The van der Waals surface area contributed by atoms with Gasteiger partial charge in [-0.25, -0.2) is 14.6 Å². The van der Waals surface area contributed by atoms with Gasteiger partial charge >= 0.3 is 11.9 Å². The average Bonchev–Trinajstić information content (AvgIpc) is 3.34. The van der Waals surface area contributed by atoms with Crippen molar-refractivity contribution in [3.8, 4) is 11.5 Å². The van der Waals surface area contributed by atoms with Crippen LogP contribution in [0.3, 0.4) is 0 Å². The Morgan fingerprint density at radius 2 is 1.94 bits per heavy atom. The van der Waals surface area contributed by atoms with Gasteiger partial charge in [-0.3, -0.25) is 0 Å². The highest BCUT2D eigenvalue weighted by Gasteiger charge is 2.28. The second-order valence-corrected chi connectivity index (χ2v) is 9.77. The van der Waals surface area contributed by atoms with Crippen molar-refractivity contribution in [2.75, 3.05) is 6.79 Å². The molecule has 1 saturated carbocycles. The van der Waals surface area contributed by atoms with Crippen molar-refractivity contribution < 1.29 is 29.3 Å². The van der Waals surface area contributed by atoms with E-state index in [1.54, 1.807) is 16.7 Å². The molecule has 1 aromatic heterocycles. The maximum Gasteiger partial charge on any atom is 0.355 e. The molecule has 4 rings (SSSR count). The molecule has 1 aromatic carbocycles. The van der Waals surface area contributed by atoms with E-state index in [-0.39, 0.29) is 24.3 Å². The smallest absolute Gasteiger partial charge is 0.355 e. The Balaban J connectivity index is 1.61. The van der Waals surface area contributed by atoms with E-state index in [0.29, 0.717) is 46.6 Å². The van der Waals surface area contributed by atoms with Crippen molar-refractivity contribution in [1.82, 2.24) is 9.55 Å². The van der Waals surface area contributed by atoms with Crippen LogP contribution < -0.4 is 9.47 Å². The minimum absolute atomic E-state index is 0.132. The highest BCUT2D eigenvalue weighted by Crippen LogP contribution is 2.39. The van der Waals surface area contributed by atoms with Crippen molar-refractivity contribution in [2.45, 2.75) is 62.3 Å². The first-order valence-corrected chi connectivity index (χ1v) is 12.1. The number of carboxylic acids is 2. The van der Waals surface area contributed by atoms with E-state index in [1.165, 1.54) is 17.8 Å². The molecule has 2 N–H and O–H groups in total. The van der Waals surface area contributed by atoms with Gasteiger partial charge < -0.3 is 24.3 Å². The van der Waals surface area contributed by atoms with Crippen molar-refractivity contribution >= 4 is 35.3 Å². The van der Waals surface area contributed by atoms with Crippen LogP contribution in [0.1, 0.15) is 60.9 Å². The predicted octanol–water partition coefficient (Wildman–Crippen LogP) is 5.01. The molecule has 0 atom stereocenters. The lowest BCUT2D eigenvalue weighted by molar-refractivity contribution is -0.131. The van der Waals surface area contributed by atoms with Gasteiger partial charge in [0.1, 0.15) is 10.9 Å². The standard InChI is InChI=1S/C23H25ClN2O6S/c1-2-3-19-25-22(33-15-6-4-13(5-7-15)8-20(27)28)21(23(29)30)26(19)11-14-9-17-18(10-16(14)24)32-12-31-17/h8-10,15H,2-7,11-12H2,1H3,(H,27,28)(H,29,30). The molecule has 2 aromatic rings. The molecule has 2 aliphatic rings. The Kier molecular flexibility index (Phi) is 7.19. The first-order valence-electron chi connectivity index (χ1n) is 10.9. The summed E-state index contributed by atoms with van der Waals surface area (Å²) in [7, 11) is 0. The summed E-state index contributed by atoms with van der Waals surface area (Å²) in [4.78, 5) is 27.9. The lowest BCUT2D eigenvalue weighted by Gasteiger charge is -2.22. The van der Waals surface area contributed by atoms with Gasteiger partial charge in [0, 0.05) is 28.8 Å². The zero-order valence-corrected chi connectivity index (χ0v) is 19.7. The SMILES string of the molecule is CCCc1nc(SC2CCC(=CC(=O)O)CC2)c(C(=O)O)n1Cc1cc2c(cc1Cl)OCO2. The number of hydrogen-bond acceptors (Lipinski definition) is 6. The largest absolute Gasteiger partial charge is 0.478 e. The molecule has 8 nitrogen and oxygen atoms in total. The number of fused-ring (bicyclic) bond motifs is 1. The summed E-state index contributed by atoms with van der Waals surface area (Å²) >= 11 is 7.93. The maximum absolute atomic E-state index is 12.3. The van der Waals surface area contributed by atoms with Crippen LogP contribution in [0, 0.1) is 0 Å². The zero-order valence-electron chi connectivity index (χ0n) is 18.2. The number of aromatic nitrogens is 2. The topological polar surface area (TPSA) is 111 Å². The lowest BCUT2D eigenvalue weighted by atomic mass is 9.94. The Morgan fingerprint density at radius 3 is 2.58 bits per heavy atom. The molecule has 0 unspecified atom stereocenters. The third kappa shape index (κ3) is 5.30. The molecule has 1 fully saturated rings. The fraction of sp³-hybridized carbons (Fsp3) is 0.435. The quantitative estimate of drug-likeness (QED) is 0.495. The van der Waals surface area contributed by atoms with E-state index in [4.69, 9.17) is 31.2 Å². The number of imidazole rings is 1. The molecule has 0 radical (unpaired) electrons. The van der Waals surface area contributed by atoms with Gasteiger partial charge in [0.05, 0.1) is 6.54 Å². The first-order chi connectivity index (χ1) is 15.9. The molecular formula is C23H25ClN2O6S. The highest BCUT2D eigenvalue weighted by atomic mass is 35.5. The van der Waals surface area contributed by atoms with Crippen LogP contribution in [0.15, 0.2) is 28.8 Å². The number of rotatable bonds is 8. The second kappa shape index (κ2) is 10.1. The summed E-state index contributed by atoms with van der Waals surface area (Å²) in [6.45, 7) is 2.42. The van der Waals surface area contributed by atoms with Gasteiger partial charge in [0.25, 0.3) is 0 Å².